The molecular formula is C17H9ClF3N5O2. The second kappa shape index (κ2) is 6.64. The molecule has 0 radical (unpaired) electrons. The van der Waals surface area contributed by atoms with E-state index in [1.54, 1.807) is 6.07 Å². The van der Waals surface area contributed by atoms with Crippen LogP contribution < -0.4 is 10.3 Å². The minimum Gasteiger partial charge on any atom is -0.437 e. The molecule has 3 heterocycles. The number of benzene rings is 1. The Bertz CT molecular complexity index is 1240. The topological polar surface area (TPSA) is 85.2 Å². The molecule has 28 heavy (non-hydrogen) atoms. The molecule has 0 fully saturated rings. The van der Waals surface area contributed by atoms with Crippen LogP contribution in [-0.2, 0) is 6.18 Å². The van der Waals surface area contributed by atoms with Crippen molar-refractivity contribution in [2.45, 2.75) is 6.18 Å². The average molecular weight is 408 g/mol. The van der Waals surface area contributed by atoms with Crippen molar-refractivity contribution in [2.75, 3.05) is 0 Å². The Hall–Kier alpha value is -3.40. The van der Waals surface area contributed by atoms with Gasteiger partial charge in [0.1, 0.15) is 5.75 Å². The lowest BCUT2D eigenvalue weighted by Crippen LogP contribution is -2.09. The molecule has 0 bridgehead atoms. The molecule has 0 aliphatic carbocycles. The number of pyridine rings is 1. The summed E-state index contributed by atoms with van der Waals surface area (Å²) in [5, 5.41) is 11.4. The van der Waals surface area contributed by atoms with E-state index in [9.17, 15) is 18.0 Å². The molecule has 0 atom stereocenters. The Kier molecular flexibility index (Phi) is 4.27. The summed E-state index contributed by atoms with van der Waals surface area (Å²) in [5.41, 5.74) is -0.748. The van der Waals surface area contributed by atoms with Crippen LogP contribution >= 0.6 is 11.6 Å². The molecular weight excluding hydrogens is 399 g/mol. The Morgan fingerprint density at radius 3 is 2.64 bits per heavy atom. The third kappa shape index (κ3) is 3.29. The molecule has 1 N–H and O–H groups in total. The van der Waals surface area contributed by atoms with E-state index in [1.807, 2.05) is 0 Å². The van der Waals surface area contributed by atoms with Gasteiger partial charge in [-0.1, -0.05) is 0 Å². The number of nitrogens with zero attached hydrogens (tertiary/aromatic N) is 4. The quantitative estimate of drug-likeness (QED) is 0.556. The third-order valence-electron chi connectivity index (χ3n) is 3.83. The number of hydrogen-bond acceptors (Lipinski definition) is 5. The van der Waals surface area contributed by atoms with Crippen molar-refractivity contribution in [1.29, 1.82) is 0 Å². The monoisotopic (exact) mass is 407 g/mol. The van der Waals surface area contributed by atoms with Gasteiger partial charge >= 0.3 is 6.18 Å². The molecule has 3 aromatic heterocycles. The van der Waals surface area contributed by atoms with Crippen LogP contribution in [0.3, 0.4) is 0 Å². The first-order valence-electron chi connectivity index (χ1n) is 7.78. The molecule has 4 aromatic rings. The number of halogens is 4. The van der Waals surface area contributed by atoms with Gasteiger partial charge in [-0.2, -0.15) is 17.7 Å². The van der Waals surface area contributed by atoms with Gasteiger partial charge in [0.25, 0.3) is 5.56 Å². The standard InChI is InChI=1S/C17H9ClF3N5O2/c18-16-24-23-13-5-6-14(25-26(13)16)28-12-8-9(17(19,20)21)3-4-10(12)11-2-1-7-22-15(11)27/h1-8H,(H,22,27). The fraction of sp³-hybridized carbons (Fsp3) is 0.0588. The average Bonchev–Trinajstić information content (AvgIpc) is 3.02. The second-order valence-corrected chi connectivity index (χ2v) is 5.97. The van der Waals surface area contributed by atoms with Crippen molar-refractivity contribution in [3.05, 3.63) is 69.9 Å². The van der Waals surface area contributed by atoms with Gasteiger partial charge in [-0.3, -0.25) is 4.79 Å². The van der Waals surface area contributed by atoms with Gasteiger partial charge < -0.3 is 9.72 Å². The number of aromatic amines is 1. The van der Waals surface area contributed by atoms with E-state index in [-0.39, 0.29) is 28.0 Å². The van der Waals surface area contributed by atoms with Gasteiger partial charge in [0.05, 0.1) is 11.1 Å². The van der Waals surface area contributed by atoms with Crippen molar-refractivity contribution in [2.24, 2.45) is 0 Å². The molecule has 4 rings (SSSR count). The molecule has 0 spiro atoms. The van der Waals surface area contributed by atoms with E-state index in [0.717, 1.165) is 12.1 Å². The minimum atomic E-state index is -4.59. The maximum atomic E-state index is 13.2. The predicted octanol–water partition coefficient (Wildman–Crippen LogP) is 3.94. The van der Waals surface area contributed by atoms with Gasteiger partial charge in [-0.25, -0.2) is 0 Å². The lowest BCUT2D eigenvalue weighted by atomic mass is 10.0. The molecule has 0 aliphatic rings. The van der Waals surface area contributed by atoms with E-state index < -0.39 is 17.3 Å². The van der Waals surface area contributed by atoms with Crippen LogP contribution in [0.5, 0.6) is 11.6 Å². The highest BCUT2D eigenvalue weighted by Gasteiger charge is 2.31. The molecule has 0 amide bonds. The first-order chi connectivity index (χ1) is 13.3. The number of nitrogens with one attached hydrogen (secondary N) is 1. The smallest absolute Gasteiger partial charge is 0.416 e. The zero-order valence-electron chi connectivity index (χ0n) is 13.7. The van der Waals surface area contributed by atoms with Crippen LogP contribution in [0.2, 0.25) is 5.28 Å². The molecule has 0 aliphatic heterocycles. The number of aromatic nitrogens is 5. The summed E-state index contributed by atoms with van der Waals surface area (Å²) >= 11 is 5.86. The van der Waals surface area contributed by atoms with E-state index in [2.05, 4.69) is 20.3 Å². The first-order valence-corrected chi connectivity index (χ1v) is 8.16. The van der Waals surface area contributed by atoms with Crippen molar-refractivity contribution >= 4 is 17.2 Å². The summed E-state index contributed by atoms with van der Waals surface area (Å²) in [4.78, 5) is 14.6. The molecule has 11 heteroatoms. The van der Waals surface area contributed by atoms with Crippen LogP contribution in [0, 0.1) is 0 Å². The first kappa shape index (κ1) is 18.0. The van der Waals surface area contributed by atoms with E-state index in [0.29, 0.717) is 5.65 Å². The van der Waals surface area contributed by atoms with Crippen LogP contribution in [0.1, 0.15) is 5.56 Å². The summed E-state index contributed by atoms with van der Waals surface area (Å²) in [7, 11) is 0. The van der Waals surface area contributed by atoms with Crippen LogP contribution in [0.15, 0.2) is 53.5 Å². The highest BCUT2D eigenvalue weighted by atomic mass is 35.5. The van der Waals surface area contributed by atoms with Crippen LogP contribution in [-0.4, -0.2) is 24.8 Å². The predicted molar refractivity (Wildman–Crippen MR) is 93.4 cm³/mol. The van der Waals surface area contributed by atoms with E-state index >= 15 is 0 Å². The van der Waals surface area contributed by atoms with E-state index in [4.69, 9.17) is 16.3 Å². The van der Waals surface area contributed by atoms with Gasteiger partial charge in [0.15, 0.2) is 5.65 Å². The lowest BCUT2D eigenvalue weighted by Gasteiger charge is -2.14. The van der Waals surface area contributed by atoms with Gasteiger partial charge in [0.2, 0.25) is 11.2 Å². The SMILES string of the molecule is O=c1[nH]cccc1-c1ccc(C(F)(F)F)cc1Oc1ccc2nnc(Cl)n2n1. The number of fused-ring (bicyclic) bond motifs is 1. The number of ether oxygens (including phenoxy) is 1. The molecule has 0 saturated heterocycles. The van der Waals surface area contributed by atoms with Gasteiger partial charge in [-0.15, -0.1) is 15.3 Å². The summed E-state index contributed by atoms with van der Waals surface area (Å²) < 4.78 is 46.2. The number of H-pyrrole nitrogens is 1. The molecule has 7 nitrogen and oxygen atoms in total. The maximum Gasteiger partial charge on any atom is 0.416 e. The number of rotatable bonds is 3. The Morgan fingerprint density at radius 1 is 1.07 bits per heavy atom. The lowest BCUT2D eigenvalue weighted by molar-refractivity contribution is -0.137. The maximum absolute atomic E-state index is 13.2. The third-order valence-corrected chi connectivity index (χ3v) is 4.07. The molecule has 0 unspecified atom stereocenters. The fourth-order valence-electron chi connectivity index (χ4n) is 2.55. The van der Waals surface area contributed by atoms with Crippen molar-refractivity contribution in [1.82, 2.24) is 24.8 Å². The summed E-state index contributed by atoms with van der Waals surface area (Å²) in [6.45, 7) is 0. The zero-order valence-corrected chi connectivity index (χ0v) is 14.5. The van der Waals surface area contributed by atoms with Gasteiger partial charge in [-0.05, 0) is 48.0 Å². The van der Waals surface area contributed by atoms with Gasteiger partial charge in [0, 0.05) is 17.8 Å². The number of alkyl halides is 3. The summed E-state index contributed by atoms with van der Waals surface area (Å²) in [6, 6.07) is 8.78. The fourth-order valence-corrected chi connectivity index (χ4v) is 2.71. The normalized spacial score (nSPS) is 11.7. The van der Waals surface area contributed by atoms with Crippen LogP contribution in [0.4, 0.5) is 13.2 Å². The summed E-state index contributed by atoms with van der Waals surface area (Å²) in [5.74, 6) is -0.246. The molecule has 1 aromatic carbocycles. The highest BCUT2D eigenvalue weighted by molar-refractivity contribution is 6.28. The number of hydrogen-bond donors (Lipinski definition) is 1. The molecule has 142 valence electrons. The van der Waals surface area contributed by atoms with Crippen molar-refractivity contribution < 1.29 is 17.9 Å². The Labute approximate surface area is 159 Å². The second-order valence-electron chi connectivity index (χ2n) is 5.63. The van der Waals surface area contributed by atoms with Crippen molar-refractivity contribution in [3.8, 4) is 22.8 Å². The summed E-state index contributed by atoms with van der Waals surface area (Å²) in [6.07, 6.45) is -3.17. The Balaban J connectivity index is 1.85. The zero-order chi connectivity index (χ0) is 19.9. The van der Waals surface area contributed by atoms with Crippen molar-refractivity contribution in [3.63, 3.8) is 0 Å². The largest absolute Gasteiger partial charge is 0.437 e. The molecule has 0 saturated carbocycles. The minimum absolute atomic E-state index is 0.0378. The van der Waals surface area contributed by atoms with Crippen LogP contribution in [0.25, 0.3) is 16.8 Å². The highest BCUT2D eigenvalue weighted by Crippen LogP contribution is 2.37. The van der Waals surface area contributed by atoms with E-state index in [1.165, 1.54) is 35.0 Å². The Morgan fingerprint density at radius 2 is 1.89 bits per heavy atom.